The third-order valence-electron chi connectivity index (χ3n) is 6.85. The summed E-state index contributed by atoms with van der Waals surface area (Å²) >= 11 is -0.826. The Morgan fingerprint density at radius 2 is 1.22 bits per heavy atom. The summed E-state index contributed by atoms with van der Waals surface area (Å²) in [6.07, 6.45) is 24.2. The summed E-state index contributed by atoms with van der Waals surface area (Å²) in [5.74, 6) is 4.55. The minimum absolute atomic E-state index is 0. The van der Waals surface area contributed by atoms with E-state index in [2.05, 4.69) is 13.8 Å². The van der Waals surface area contributed by atoms with Gasteiger partial charge in [0.25, 0.3) is 0 Å². The van der Waals surface area contributed by atoms with Crippen molar-refractivity contribution >= 4 is 17.0 Å². The molecule has 0 radical (unpaired) electrons. The van der Waals surface area contributed by atoms with Crippen LogP contribution in [-0.4, -0.2) is 0 Å². The molecule has 3 saturated carbocycles. The van der Waals surface area contributed by atoms with Gasteiger partial charge >= 0.3 is 37.9 Å². The SMILES string of the molecule is CCCCC1CCC2CCCCC12.CCCCC1CCCC1.[CH3-].[CH3-].[Cl][Zr+2][Cl]. The minimum atomic E-state index is -0.826. The zero-order valence-electron chi connectivity index (χ0n) is 18.9. The van der Waals surface area contributed by atoms with E-state index in [-0.39, 0.29) is 14.9 Å². The van der Waals surface area contributed by atoms with Crippen LogP contribution in [0.25, 0.3) is 0 Å². The molecule has 27 heavy (non-hydrogen) atoms. The Kier molecular flexibility index (Phi) is 23.5. The summed E-state index contributed by atoms with van der Waals surface area (Å²) in [5, 5.41) is 0. The Morgan fingerprint density at radius 1 is 0.704 bits per heavy atom. The Morgan fingerprint density at radius 3 is 1.81 bits per heavy atom. The van der Waals surface area contributed by atoms with Crippen molar-refractivity contribution in [2.24, 2.45) is 23.7 Å². The van der Waals surface area contributed by atoms with Gasteiger partial charge in [-0.1, -0.05) is 97.3 Å². The van der Waals surface area contributed by atoms with E-state index in [0.717, 1.165) is 23.7 Å². The van der Waals surface area contributed by atoms with Gasteiger partial charge in [-0.3, -0.25) is 0 Å². The van der Waals surface area contributed by atoms with Crippen molar-refractivity contribution in [1.82, 2.24) is 0 Å². The van der Waals surface area contributed by atoms with Gasteiger partial charge in [-0.2, -0.15) is 0 Å². The summed E-state index contributed by atoms with van der Waals surface area (Å²) in [6.45, 7) is 4.61. The van der Waals surface area contributed by atoms with Crippen LogP contribution in [0.5, 0.6) is 0 Å². The Bertz CT molecular complexity index is 292. The summed E-state index contributed by atoms with van der Waals surface area (Å²) in [7, 11) is 9.87. The second kappa shape index (κ2) is 20.7. The summed E-state index contributed by atoms with van der Waals surface area (Å²) in [5.41, 5.74) is 0. The van der Waals surface area contributed by atoms with E-state index in [0.29, 0.717) is 0 Å². The second-order valence-electron chi connectivity index (χ2n) is 8.55. The van der Waals surface area contributed by atoms with E-state index >= 15 is 0 Å². The molecule has 162 valence electrons. The van der Waals surface area contributed by atoms with Crippen molar-refractivity contribution in [2.45, 2.75) is 117 Å². The molecule has 0 nitrogen and oxygen atoms in total. The number of unbranched alkanes of at least 4 members (excludes halogenated alkanes) is 2. The average Bonchev–Trinajstić information content (AvgIpc) is 3.29. The van der Waals surface area contributed by atoms with Crippen LogP contribution in [0.15, 0.2) is 0 Å². The molecule has 3 aliphatic carbocycles. The van der Waals surface area contributed by atoms with E-state index in [1.165, 1.54) is 77.0 Å². The molecule has 3 fully saturated rings. The fraction of sp³-hybridized carbons (Fsp3) is 0.917. The predicted molar refractivity (Wildman–Crippen MR) is 124 cm³/mol. The van der Waals surface area contributed by atoms with Crippen molar-refractivity contribution in [2.75, 3.05) is 0 Å². The topological polar surface area (TPSA) is 0 Å². The van der Waals surface area contributed by atoms with Crippen LogP contribution in [-0.2, 0) is 20.8 Å². The van der Waals surface area contributed by atoms with Gasteiger partial charge in [-0.05, 0) is 42.9 Å². The molecule has 0 N–H and O–H groups in total. The van der Waals surface area contributed by atoms with Gasteiger partial charge in [0.15, 0.2) is 0 Å². The van der Waals surface area contributed by atoms with Gasteiger partial charge < -0.3 is 14.9 Å². The van der Waals surface area contributed by atoms with E-state index in [1.54, 1.807) is 25.7 Å². The standard InChI is InChI=1S/C13H24.C9H18.2CH3.2ClH.Zr/c1-2-3-6-11-9-10-12-7-4-5-8-13(11)12;1-2-3-6-9-7-4-5-8-9;;;;;/h11-13H,2-10H2,1H3;9H,2-8H2,1H3;2*1H3;2*1H;/q;;2*-1;;;+4/p-2. The first-order chi connectivity index (χ1) is 12.3. The maximum atomic E-state index is 4.93. The zero-order valence-corrected chi connectivity index (χ0v) is 22.8. The van der Waals surface area contributed by atoms with Gasteiger partial charge in [-0.15, -0.1) is 0 Å². The molecular weight excluding hydrogens is 450 g/mol. The van der Waals surface area contributed by atoms with Crippen LogP contribution >= 0.6 is 17.0 Å². The summed E-state index contributed by atoms with van der Waals surface area (Å²) in [6, 6.07) is 0. The average molecular weight is 499 g/mol. The Balaban J connectivity index is 0. The van der Waals surface area contributed by atoms with Crippen LogP contribution in [0.1, 0.15) is 117 Å². The fourth-order valence-corrected chi connectivity index (χ4v) is 5.47. The zero-order chi connectivity index (χ0) is 18.3. The van der Waals surface area contributed by atoms with Crippen molar-refractivity contribution in [1.29, 1.82) is 0 Å². The van der Waals surface area contributed by atoms with Gasteiger partial charge in [-0.25, -0.2) is 0 Å². The molecule has 3 unspecified atom stereocenters. The van der Waals surface area contributed by atoms with Crippen molar-refractivity contribution in [3.8, 4) is 0 Å². The Labute approximate surface area is 192 Å². The van der Waals surface area contributed by atoms with Crippen LogP contribution in [0.4, 0.5) is 0 Å². The first-order valence-corrected chi connectivity index (χ1v) is 17.6. The first-order valence-electron chi connectivity index (χ1n) is 11.2. The maximum absolute atomic E-state index is 4.93. The molecule has 0 bridgehead atoms. The van der Waals surface area contributed by atoms with Crippen LogP contribution in [0.2, 0.25) is 0 Å². The van der Waals surface area contributed by atoms with Crippen LogP contribution in [0.3, 0.4) is 0 Å². The molecule has 0 aromatic rings. The predicted octanol–water partition coefficient (Wildman–Crippen LogP) is 10.0. The molecule has 0 spiro atoms. The van der Waals surface area contributed by atoms with Crippen LogP contribution in [0, 0.1) is 38.5 Å². The van der Waals surface area contributed by atoms with Crippen molar-refractivity contribution in [3.05, 3.63) is 14.9 Å². The molecule has 0 aliphatic heterocycles. The van der Waals surface area contributed by atoms with Gasteiger partial charge in [0.2, 0.25) is 0 Å². The monoisotopic (exact) mass is 496 g/mol. The molecule has 0 aromatic heterocycles. The van der Waals surface area contributed by atoms with E-state index < -0.39 is 20.8 Å². The molecule has 3 rings (SSSR count). The molecule has 0 amide bonds. The molecule has 0 saturated heterocycles. The van der Waals surface area contributed by atoms with Gasteiger partial charge in [0, 0.05) is 0 Å². The third kappa shape index (κ3) is 13.4. The molecule has 0 aromatic carbocycles. The third-order valence-corrected chi connectivity index (χ3v) is 6.85. The van der Waals surface area contributed by atoms with E-state index in [1.807, 2.05) is 0 Å². The molecule has 0 heterocycles. The summed E-state index contributed by atoms with van der Waals surface area (Å²) in [4.78, 5) is 0. The normalized spacial score (nSPS) is 26.1. The Hall–Kier alpha value is 1.46. The number of hydrogen-bond acceptors (Lipinski definition) is 0. The first kappa shape index (κ1) is 30.7. The fourth-order valence-electron chi connectivity index (χ4n) is 5.47. The number of rotatable bonds is 6. The van der Waals surface area contributed by atoms with Gasteiger partial charge in [0.1, 0.15) is 0 Å². The van der Waals surface area contributed by atoms with Gasteiger partial charge in [0.05, 0.1) is 0 Å². The van der Waals surface area contributed by atoms with Crippen molar-refractivity contribution < 1.29 is 20.8 Å². The van der Waals surface area contributed by atoms with E-state index in [9.17, 15) is 0 Å². The molecule has 3 aliphatic rings. The number of hydrogen-bond donors (Lipinski definition) is 0. The number of fused-ring (bicyclic) bond motifs is 1. The summed E-state index contributed by atoms with van der Waals surface area (Å²) < 4.78 is 0. The molecular formula is C24H48Cl2Zr. The molecule has 3 heteroatoms. The number of halogens is 2. The van der Waals surface area contributed by atoms with Crippen LogP contribution < -0.4 is 0 Å². The quantitative estimate of drug-likeness (QED) is 0.320. The molecule has 3 atom stereocenters. The second-order valence-corrected chi connectivity index (χ2v) is 12.3. The van der Waals surface area contributed by atoms with Crippen molar-refractivity contribution in [3.63, 3.8) is 0 Å². The van der Waals surface area contributed by atoms with E-state index in [4.69, 9.17) is 17.0 Å².